The van der Waals surface area contributed by atoms with E-state index in [0.29, 0.717) is 12.4 Å². The maximum absolute atomic E-state index is 9.46. The molecule has 158 valence electrons. The maximum Gasteiger partial charge on any atom is 0.290 e. The average molecular weight is 411 g/mol. The zero-order valence-corrected chi connectivity index (χ0v) is 16.8. The Morgan fingerprint density at radius 1 is 1.27 bits per heavy atom. The summed E-state index contributed by atoms with van der Waals surface area (Å²) in [7, 11) is 0. The number of aliphatic hydroxyl groups excluding tert-OH is 1. The summed E-state index contributed by atoms with van der Waals surface area (Å²) in [6, 6.07) is 6.10. The minimum atomic E-state index is -0.250. The maximum atomic E-state index is 9.46. The fourth-order valence-corrected chi connectivity index (χ4v) is 3.66. The van der Waals surface area contributed by atoms with Gasteiger partial charge in [0.2, 0.25) is 0 Å². The van der Waals surface area contributed by atoms with Gasteiger partial charge in [0.25, 0.3) is 6.47 Å². The molecule has 0 amide bonds. The summed E-state index contributed by atoms with van der Waals surface area (Å²) < 4.78 is 8.21. The lowest BCUT2D eigenvalue weighted by atomic mass is 10.2. The van der Waals surface area contributed by atoms with Crippen molar-refractivity contribution in [1.82, 2.24) is 19.5 Å². The first-order chi connectivity index (χ1) is 14.6. The van der Waals surface area contributed by atoms with Crippen LogP contribution in [0.3, 0.4) is 0 Å². The van der Waals surface area contributed by atoms with Crippen LogP contribution in [-0.4, -0.2) is 49.4 Å². The number of imidazole rings is 1. The van der Waals surface area contributed by atoms with Crippen LogP contribution in [0.25, 0.3) is 22.6 Å². The van der Waals surface area contributed by atoms with Crippen molar-refractivity contribution >= 4 is 23.2 Å². The molecular weight excluding hydrogens is 386 g/mol. The number of aromatic nitrogens is 4. The van der Waals surface area contributed by atoms with Crippen LogP contribution >= 0.6 is 0 Å². The second kappa shape index (κ2) is 8.66. The zero-order chi connectivity index (χ0) is 21.1. The number of hydrogen-bond donors (Lipinski definition) is 3. The molecule has 1 aliphatic heterocycles. The molecule has 9 heteroatoms. The van der Waals surface area contributed by atoms with Gasteiger partial charge in [-0.15, -0.1) is 0 Å². The highest BCUT2D eigenvalue weighted by molar-refractivity contribution is 5.89. The second-order valence-electron chi connectivity index (χ2n) is 7.53. The third kappa shape index (κ3) is 4.20. The summed E-state index contributed by atoms with van der Waals surface area (Å²) in [6.45, 7) is 3.99. The van der Waals surface area contributed by atoms with Crippen molar-refractivity contribution in [3.05, 3.63) is 29.7 Å². The molecule has 5 rings (SSSR count). The van der Waals surface area contributed by atoms with E-state index in [-0.39, 0.29) is 13.1 Å². The number of ether oxygens (including phenoxy) is 1. The molecule has 30 heavy (non-hydrogen) atoms. The van der Waals surface area contributed by atoms with E-state index in [4.69, 9.17) is 19.6 Å². The number of rotatable bonds is 5. The quantitative estimate of drug-likeness (QED) is 0.548. The molecule has 9 nitrogen and oxygen atoms in total. The summed E-state index contributed by atoms with van der Waals surface area (Å²) >= 11 is 0. The van der Waals surface area contributed by atoms with Gasteiger partial charge in [0, 0.05) is 30.5 Å². The lowest BCUT2D eigenvalue weighted by Gasteiger charge is -2.10. The van der Waals surface area contributed by atoms with Gasteiger partial charge in [-0.2, -0.15) is 0 Å². The van der Waals surface area contributed by atoms with Crippen molar-refractivity contribution in [2.45, 2.75) is 39.3 Å². The molecule has 0 radical (unpaired) electrons. The minimum absolute atomic E-state index is 0.182. The first-order valence-electron chi connectivity index (χ1n) is 10.1. The Kier molecular flexibility index (Phi) is 5.80. The van der Waals surface area contributed by atoms with E-state index in [2.05, 4.69) is 32.0 Å². The Morgan fingerprint density at radius 3 is 2.80 bits per heavy atom. The molecule has 0 bridgehead atoms. The van der Waals surface area contributed by atoms with Crippen molar-refractivity contribution in [2.24, 2.45) is 5.92 Å². The lowest BCUT2D eigenvalue weighted by molar-refractivity contribution is -0.122. The second-order valence-corrected chi connectivity index (χ2v) is 7.53. The van der Waals surface area contributed by atoms with E-state index >= 15 is 0 Å². The molecule has 2 aromatic heterocycles. The molecule has 0 unspecified atom stereocenters. The molecule has 2 aliphatic rings. The molecule has 1 aliphatic carbocycles. The van der Waals surface area contributed by atoms with Crippen molar-refractivity contribution in [2.75, 3.05) is 18.5 Å². The largest absolute Gasteiger partial charge is 0.491 e. The summed E-state index contributed by atoms with van der Waals surface area (Å²) in [5.74, 6) is 2.89. The van der Waals surface area contributed by atoms with Crippen molar-refractivity contribution in [3.8, 4) is 17.3 Å². The average Bonchev–Trinajstić information content (AvgIpc) is 3.52. The monoisotopic (exact) mass is 411 g/mol. The molecule has 1 aromatic carbocycles. The van der Waals surface area contributed by atoms with Crippen molar-refractivity contribution < 1.29 is 19.7 Å². The van der Waals surface area contributed by atoms with Crippen LogP contribution in [0.5, 0.6) is 5.75 Å². The molecule has 0 spiro atoms. The predicted molar refractivity (Wildman–Crippen MR) is 111 cm³/mol. The molecule has 3 N–H and O–H groups in total. The van der Waals surface area contributed by atoms with Crippen molar-refractivity contribution in [3.63, 3.8) is 0 Å². The summed E-state index contributed by atoms with van der Waals surface area (Å²) in [5.41, 5.74) is 4.53. The van der Waals surface area contributed by atoms with Gasteiger partial charge in [0.1, 0.15) is 23.6 Å². The molecule has 0 saturated heterocycles. The van der Waals surface area contributed by atoms with E-state index in [0.717, 1.165) is 65.1 Å². The van der Waals surface area contributed by atoms with E-state index in [1.807, 2.05) is 13.0 Å². The van der Waals surface area contributed by atoms with Gasteiger partial charge in [-0.05, 0) is 44.2 Å². The van der Waals surface area contributed by atoms with Gasteiger partial charge in [-0.25, -0.2) is 15.0 Å². The van der Waals surface area contributed by atoms with Crippen LogP contribution in [0.4, 0.5) is 5.69 Å². The van der Waals surface area contributed by atoms with Crippen LogP contribution in [0, 0.1) is 12.8 Å². The fraction of sp³-hybridized carbons (Fsp3) is 0.429. The number of anilines is 1. The van der Waals surface area contributed by atoms with E-state index < -0.39 is 0 Å². The summed E-state index contributed by atoms with van der Waals surface area (Å²) in [4.78, 5) is 22.0. The van der Waals surface area contributed by atoms with Gasteiger partial charge < -0.3 is 24.8 Å². The Hall–Kier alpha value is -3.20. The van der Waals surface area contributed by atoms with E-state index in [9.17, 15) is 5.11 Å². The van der Waals surface area contributed by atoms with Crippen molar-refractivity contribution in [1.29, 1.82) is 0 Å². The summed E-state index contributed by atoms with van der Waals surface area (Å²) in [5, 5.41) is 19.9. The zero-order valence-electron chi connectivity index (χ0n) is 16.8. The minimum Gasteiger partial charge on any atom is -0.491 e. The number of carbonyl (C=O) groups is 1. The Labute approximate surface area is 173 Å². The number of aliphatic hydroxyl groups is 1. The fourth-order valence-electron chi connectivity index (χ4n) is 3.66. The van der Waals surface area contributed by atoms with E-state index in [1.54, 1.807) is 0 Å². The number of benzene rings is 1. The van der Waals surface area contributed by atoms with E-state index in [1.165, 1.54) is 12.8 Å². The van der Waals surface area contributed by atoms with Crippen LogP contribution in [0.15, 0.2) is 18.2 Å². The Balaban J connectivity index is 0.000000687. The number of aryl methyl sites for hydroxylation is 2. The Morgan fingerprint density at radius 2 is 2.07 bits per heavy atom. The van der Waals surface area contributed by atoms with Crippen LogP contribution < -0.4 is 10.1 Å². The third-order valence-corrected chi connectivity index (χ3v) is 5.15. The van der Waals surface area contributed by atoms with Crippen LogP contribution in [0.1, 0.15) is 30.8 Å². The molecular formula is C21H25N5O4. The Bertz CT molecular complexity index is 1060. The predicted octanol–water partition coefficient (Wildman–Crippen LogP) is 2.60. The normalized spacial score (nSPS) is 15.0. The first-order valence-corrected chi connectivity index (χ1v) is 10.1. The number of nitrogens with zero attached hydrogens (tertiary/aromatic N) is 4. The molecule has 1 saturated carbocycles. The lowest BCUT2D eigenvalue weighted by Crippen LogP contribution is -2.05. The van der Waals surface area contributed by atoms with Crippen LogP contribution in [0.2, 0.25) is 0 Å². The topological polar surface area (TPSA) is 122 Å². The third-order valence-electron chi connectivity index (χ3n) is 5.15. The molecule has 3 aromatic rings. The van der Waals surface area contributed by atoms with Crippen LogP contribution in [-0.2, 0) is 17.9 Å². The van der Waals surface area contributed by atoms with Gasteiger partial charge >= 0.3 is 0 Å². The highest BCUT2D eigenvalue weighted by atomic mass is 16.5. The SMILES string of the molecule is Cc1cc(-c2nc3cc(NCC4CC4)cc4c3n2CCCO4)nc(CO)n1.O=CO. The smallest absolute Gasteiger partial charge is 0.290 e. The van der Waals surface area contributed by atoms with Gasteiger partial charge in [0.15, 0.2) is 11.6 Å². The van der Waals surface area contributed by atoms with Gasteiger partial charge in [-0.3, -0.25) is 4.79 Å². The van der Waals surface area contributed by atoms with Gasteiger partial charge in [0.05, 0.1) is 12.1 Å². The molecule has 3 heterocycles. The number of carboxylic acid groups (broad SMARTS) is 1. The number of nitrogens with one attached hydrogen (secondary N) is 1. The first kappa shape index (κ1) is 20.1. The molecule has 0 atom stereocenters. The highest BCUT2D eigenvalue weighted by Crippen LogP contribution is 2.36. The number of hydrogen-bond acceptors (Lipinski definition) is 7. The standard InChI is InChI=1S/C20H23N5O2.CH2O2/c1-12-7-16(23-18(11-26)22-12)20-24-15-8-14(21-10-13-3-4-13)9-17-19(15)25(20)5-2-6-27-17;2-1-3/h7-9,13,21,26H,2-6,10-11H2,1H3;1H,(H,2,3). The highest BCUT2D eigenvalue weighted by Gasteiger charge is 2.23. The molecule has 1 fully saturated rings. The summed E-state index contributed by atoms with van der Waals surface area (Å²) in [6.07, 6.45) is 3.55. The van der Waals surface area contributed by atoms with Gasteiger partial charge in [-0.1, -0.05) is 0 Å².